The van der Waals surface area contributed by atoms with Crippen LogP contribution in [0.1, 0.15) is 29.7 Å². The quantitative estimate of drug-likeness (QED) is 0.749. The van der Waals surface area contributed by atoms with Gasteiger partial charge in [-0.15, -0.1) is 0 Å². The third-order valence-corrected chi connectivity index (χ3v) is 9.29. The maximum atomic E-state index is 13.0. The fraction of sp³-hybridized carbons (Fsp3) is 0.368. The Morgan fingerprint density at radius 2 is 1.74 bits per heavy atom. The van der Waals surface area contributed by atoms with Gasteiger partial charge in [0.15, 0.2) is 9.84 Å². The van der Waals surface area contributed by atoms with Crippen molar-refractivity contribution >= 4 is 31.5 Å². The van der Waals surface area contributed by atoms with Gasteiger partial charge < -0.3 is 0 Å². The van der Waals surface area contributed by atoms with E-state index in [1.165, 1.54) is 4.31 Å². The Morgan fingerprint density at radius 1 is 1.07 bits per heavy atom. The molecule has 2 aromatic rings. The average Bonchev–Trinajstić information content (AvgIpc) is 2.81. The molecule has 0 aromatic heterocycles. The minimum atomic E-state index is -3.74. The Kier molecular flexibility index (Phi) is 5.96. The molecule has 0 aliphatic carbocycles. The van der Waals surface area contributed by atoms with Crippen LogP contribution in [0.4, 0.5) is 0 Å². The highest BCUT2D eigenvalue weighted by Gasteiger charge is 2.36. The molecule has 0 bridgehead atoms. The zero-order chi connectivity index (χ0) is 19.7. The Labute approximate surface area is 165 Å². The lowest BCUT2D eigenvalue weighted by molar-refractivity contribution is 0.428. The SMILES string of the molecule is CCc1ccc(S(=O)(=O)N2CCC(c3ccccc3Cl)S(=O)(=O)CC2)cc1. The average molecular weight is 428 g/mol. The number of nitrogens with zero attached hydrogens (tertiary/aromatic N) is 1. The van der Waals surface area contributed by atoms with E-state index in [9.17, 15) is 16.8 Å². The van der Waals surface area contributed by atoms with E-state index >= 15 is 0 Å². The molecule has 0 N–H and O–H groups in total. The molecule has 1 atom stereocenters. The molecular weight excluding hydrogens is 406 g/mol. The fourth-order valence-corrected chi connectivity index (χ4v) is 7.02. The van der Waals surface area contributed by atoms with Crippen molar-refractivity contribution in [3.05, 3.63) is 64.7 Å². The molecule has 3 rings (SSSR count). The molecule has 27 heavy (non-hydrogen) atoms. The van der Waals surface area contributed by atoms with Crippen LogP contribution in [-0.4, -0.2) is 40.0 Å². The van der Waals surface area contributed by atoms with Crippen LogP contribution in [-0.2, 0) is 26.3 Å². The van der Waals surface area contributed by atoms with Gasteiger partial charge in [0, 0.05) is 18.1 Å². The van der Waals surface area contributed by atoms with E-state index in [0.29, 0.717) is 10.6 Å². The Bertz CT molecular complexity index is 1020. The summed E-state index contributed by atoms with van der Waals surface area (Å²) >= 11 is 6.19. The summed E-state index contributed by atoms with van der Waals surface area (Å²) in [5, 5.41) is -0.411. The van der Waals surface area contributed by atoms with Crippen LogP contribution >= 0.6 is 11.6 Å². The number of benzene rings is 2. The molecule has 1 aliphatic heterocycles. The van der Waals surface area contributed by atoms with Crippen LogP contribution in [0.5, 0.6) is 0 Å². The summed E-state index contributed by atoms with van der Waals surface area (Å²) < 4.78 is 52.7. The van der Waals surface area contributed by atoms with E-state index in [2.05, 4.69) is 0 Å². The monoisotopic (exact) mass is 427 g/mol. The lowest BCUT2D eigenvalue weighted by Crippen LogP contribution is -2.33. The zero-order valence-electron chi connectivity index (χ0n) is 15.0. The van der Waals surface area contributed by atoms with Gasteiger partial charge in [-0.2, -0.15) is 4.31 Å². The van der Waals surface area contributed by atoms with Gasteiger partial charge in [0.25, 0.3) is 0 Å². The smallest absolute Gasteiger partial charge is 0.228 e. The second kappa shape index (κ2) is 7.91. The van der Waals surface area contributed by atoms with Gasteiger partial charge in [-0.1, -0.05) is 48.9 Å². The number of hydrogen-bond donors (Lipinski definition) is 0. The maximum absolute atomic E-state index is 13.0. The predicted octanol–water partition coefficient (Wildman–Crippen LogP) is 3.45. The van der Waals surface area contributed by atoms with Gasteiger partial charge >= 0.3 is 0 Å². The van der Waals surface area contributed by atoms with Crippen molar-refractivity contribution in [3.8, 4) is 0 Å². The van der Waals surface area contributed by atoms with Crippen molar-refractivity contribution in [1.29, 1.82) is 0 Å². The van der Waals surface area contributed by atoms with Crippen molar-refractivity contribution < 1.29 is 16.8 Å². The van der Waals surface area contributed by atoms with E-state index in [1.807, 2.05) is 6.92 Å². The summed E-state index contributed by atoms with van der Waals surface area (Å²) in [5.74, 6) is -0.227. The van der Waals surface area contributed by atoms with Crippen LogP contribution in [0.3, 0.4) is 0 Å². The summed E-state index contributed by atoms with van der Waals surface area (Å²) in [7, 11) is -7.25. The standard InChI is InChI=1S/C19H22ClNO4S2/c1-2-15-7-9-16(10-8-15)27(24,25)21-12-11-19(26(22,23)14-13-21)17-5-3-4-6-18(17)20/h3-10,19H,2,11-14H2,1H3. The van der Waals surface area contributed by atoms with Crippen molar-refractivity contribution in [2.75, 3.05) is 18.8 Å². The molecule has 0 saturated carbocycles. The lowest BCUT2D eigenvalue weighted by atomic mass is 10.1. The number of hydrogen-bond acceptors (Lipinski definition) is 4. The van der Waals surface area contributed by atoms with Crippen LogP contribution < -0.4 is 0 Å². The van der Waals surface area contributed by atoms with Gasteiger partial charge in [-0.05, 0) is 42.2 Å². The topological polar surface area (TPSA) is 71.5 Å². The first kappa shape index (κ1) is 20.3. The van der Waals surface area contributed by atoms with Crippen molar-refractivity contribution in [2.45, 2.75) is 29.9 Å². The molecule has 0 radical (unpaired) electrons. The number of sulfone groups is 1. The second-order valence-electron chi connectivity index (χ2n) is 6.57. The van der Waals surface area contributed by atoms with E-state index in [0.717, 1.165) is 12.0 Å². The van der Waals surface area contributed by atoms with Crippen molar-refractivity contribution in [2.24, 2.45) is 0 Å². The molecule has 146 valence electrons. The van der Waals surface area contributed by atoms with Gasteiger partial charge in [-0.25, -0.2) is 16.8 Å². The minimum Gasteiger partial charge on any atom is -0.228 e. The third-order valence-electron chi connectivity index (χ3n) is 4.92. The first-order chi connectivity index (χ1) is 12.8. The molecule has 1 aliphatic rings. The summed E-state index contributed by atoms with van der Waals surface area (Å²) in [6.07, 6.45) is 1.00. The van der Waals surface area contributed by atoms with Crippen molar-refractivity contribution in [1.82, 2.24) is 4.31 Å². The molecule has 0 spiro atoms. The molecule has 1 heterocycles. The molecule has 8 heteroatoms. The van der Waals surface area contributed by atoms with E-state index in [4.69, 9.17) is 11.6 Å². The molecule has 0 amide bonds. The summed E-state index contributed by atoms with van der Waals surface area (Å²) in [5.41, 5.74) is 1.58. The first-order valence-electron chi connectivity index (χ1n) is 8.81. The second-order valence-corrected chi connectivity index (χ2v) is 11.2. The van der Waals surface area contributed by atoms with Gasteiger partial charge in [0.05, 0.1) is 15.9 Å². The third kappa shape index (κ3) is 4.21. The Morgan fingerprint density at radius 3 is 2.37 bits per heavy atom. The van der Waals surface area contributed by atoms with E-state index in [1.54, 1.807) is 48.5 Å². The lowest BCUT2D eigenvalue weighted by Gasteiger charge is -2.20. The summed E-state index contributed by atoms with van der Waals surface area (Å²) in [6, 6.07) is 13.6. The first-order valence-corrected chi connectivity index (χ1v) is 12.3. The van der Waals surface area contributed by atoms with E-state index in [-0.39, 0.29) is 30.2 Å². The fourth-order valence-electron chi connectivity index (χ4n) is 3.30. The maximum Gasteiger partial charge on any atom is 0.243 e. The van der Waals surface area contributed by atoms with Gasteiger partial charge in [0.1, 0.15) is 0 Å². The molecule has 5 nitrogen and oxygen atoms in total. The highest BCUT2D eigenvalue weighted by molar-refractivity contribution is 7.92. The van der Waals surface area contributed by atoms with Crippen LogP contribution in [0, 0.1) is 0 Å². The Balaban J connectivity index is 1.89. The predicted molar refractivity (Wildman–Crippen MR) is 107 cm³/mol. The summed E-state index contributed by atoms with van der Waals surface area (Å²) in [6.45, 7) is 2.08. The molecule has 1 saturated heterocycles. The molecule has 1 fully saturated rings. The highest BCUT2D eigenvalue weighted by Crippen LogP contribution is 2.34. The van der Waals surface area contributed by atoms with E-state index < -0.39 is 25.1 Å². The normalized spacial score (nSPS) is 20.9. The van der Waals surface area contributed by atoms with Gasteiger partial charge in [0.2, 0.25) is 10.0 Å². The van der Waals surface area contributed by atoms with Crippen molar-refractivity contribution in [3.63, 3.8) is 0 Å². The molecule has 1 unspecified atom stereocenters. The van der Waals surface area contributed by atoms with Crippen LogP contribution in [0.2, 0.25) is 5.02 Å². The largest absolute Gasteiger partial charge is 0.243 e. The Hall–Kier alpha value is -1.41. The minimum absolute atomic E-state index is 0.0544. The number of halogens is 1. The number of sulfonamides is 1. The zero-order valence-corrected chi connectivity index (χ0v) is 17.4. The van der Waals surface area contributed by atoms with Crippen LogP contribution in [0.25, 0.3) is 0 Å². The number of aryl methyl sites for hydroxylation is 1. The number of rotatable bonds is 4. The molecular formula is C19H22ClNO4S2. The van der Waals surface area contributed by atoms with Gasteiger partial charge in [-0.3, -0.25) is 0 Å². The van der Waals surface area contributed by atoms with Crippen LogP contribution in [0.15, 0.2) is 53.4 Å². The summed E-state index contributed by atoms with van der Waals surface area (Å²) in [4.78, 5) is 0.188. The molecule has 2 aromatic carbocycles. The highest BCUT2D eigenvalue weighted by atomic mass is 35.5.